The minimum Gasteiger partial charge on any atom is -0.356 e. The van der Waals surface area contributed by atoms with Crippen LogP contribution in [0.1, 0.15) is 41.0 Å². The van der Waals surface area contributed by atoms with Gasteiger partial charge in [0, 0.05) is 6.04 Å². The summed E-state index contributed by atoms with van der Waals surface area (Å²) in [5.74, 6) is 0.660. The van der Waals surface area contributed by atoms with E-state index in [9.17, 15) is 4.79 Å². The molecule has 2 nitrogen and oxygen atoms in total. The highest BCUT2D eigenvalue weighted by molar-refractivity contribution is 5.46. The number of carbonyl (C=O) groups excluding carboxylic acids is 1. The highest BCUT2D eigenvalue weighted by Gasteiger charge is 2.01. The lowest BCUT2D eigenvalue weighted by Gasteiger charge is -2.11. The molecular weight excluding hydrogens is 138 g/mol. The van der Waals surface area contributed by atoms with Crippen LogP contribution >= 0.6 is 0 Å². The highest BCUT2D eigenvalue weighted by atomic mass is 16.1. The van der Waals surface area contributed by atoms with Crippen molar-refractivity contribution in [2.75, 3.05) is 0 Å². The van der Waals surface area contributed by atoms with Gasteiger partial charge in [-0.1, -0.05) is 27.7 Å². The quantitative estimate of drug-likeness (QED) is 0.626. The molecule has 0 aliphatic heterocycles. The van der Waals surface area contributed by atoms with Gasteiger partial charge in [0.1, 0.15) is 0 Å². The molecule has 0 spiro atoms. The minimum absolute atomic E-state index is 0.322. The number of amides is 1. The Morgan fingerprint density at radius 3 is 2.00 bits per heavy atom. The first-order valence-electron chi connectivity index (χ1n) is 4.36. The fraction of sp³-hybridized carbons (Fsp3) is 0.889. The van der Waals surface area contributed by atoms with Crippen LogP contribution in [-0.2, 0) is 4.79 Å². The SMILES string of the molecule is CC.CC(C)CC(C)NC=O. The molecule has 1 unspecified atom stereocenters. The number of rotatable bonds is 4. The van der Waals surface area contributed by atoms with E-state index in [1.807, 2.05) is 20.8 Å². The molecule has 1 amide bonds. The maximum absolute atomic E-state index is 9.89. The summed E-state index contributed by atoms with van der Waals surface area (Å²) in [7, 11) is 0. The third kappa shape index (κ3) is 12.6. The summed E-state index contributed by atoms with van der Waals surface area (Å²) in [6.45, 7) is 10.3. The molecule has 11 heavy (non-hydrogen) atoms. The van der Waals surface area contributed by atoms with E-state index < -0.39 is 0 Å². The van der Waals surface area contributed by atoms with Crippen LogP contribution in [-0.4, -0.2) is 12.5 Å². The van der Waals surface area contributed by atoms with Gasteiger partial charge < -0.3 is 5.32 Å². The first-order chi connectivity index (χ1) is 5.16. The van der Waals surface area contributed by atoms with Crippen molar-refractivity contribution >= 4 is 6.41 Å². The molecule has 0 heterocycles. The highest BCUT2D eigenvalue weighted by Crippen LogP contribution is 2.02. The van der Waals surface area contributed by atoms with Gasteiger partial charge in [-0.15, -0.1) is 0 Å². The molecule has 0 aliphatic carbocycles. The van der Waals surface area contributed by atoms with E-state index in [-0.39, 0.29) is 0 Å². The van der Waals surface area contributed by atoms with Crippen LogP contribution < -0.4 is 5.32 Å². The summed E-state index contributed by atoms with van der Waals surface area (Å²) in [6.07, 6.45) is 1.81. The summed E-state index contributed by atoms with van der Waals surface area (Å²) >= 11 is 0. The van der Waals surface area contributed by atoms with Crippen molar-refractivity contribution < 1.29 is 4.79 Å². The zero-order valence-electron chi connectivity index (χ0n) is 8.35. The van der Waals surface area contributed by atoms with Gasteiger partial charge in [-0.25, -0.2) is 0 Å². The Morgan fingerprint density at radius 1 is 1.27 bits per heavy atom. The normalized spacial score (nSPS) is 11.5. The second kappa shape index (κ2) is 9.47. The van der Waals surface area contributed by atoms with Crippen molar-refractivity contribution in [3.8, 4) is 0 Å². The number of nitrogens with one attached hydrogen (secondary N) is 1. The van der Waals surface area contributed by atoms with Gasteiger partial charge in [0.2, 0.25) is 6.41 Å². The van der Waals surface area contributed by atoms with Crippen molar-refractivity contribution in [2.45, 2.75) is 47.1 Å². The van der Waals surface area contributed by atoms with Gasteiger partial charge >= 0.3 is 0 Å². The Labute approximate surface area is 70.4 Å². The fourth-order valence-corrected chi connectivity index (χ4v) is 0.891. The van der Waals surface area contributed by atoms with Gasteiger partial charge in [-0.05, 0) is 19.3 Å². The Kier molecular flexibility index (Phi) is 11.3. The molecule has 1 atom stereocenters. The van der Waals surface area contributed by atoms with Gasteiger partial charge in [0.25, 0.3) is 0 Å². The van der Waals surface area contributed by atoms with Crippen molar-refractivity contribution in [1.29, 1.82) is 0 Å². The monoisotopic (exact) mass is 159 g/mol. The van der Waals surface area contributed by atoms with Crippen molar-refractivity contribution in [1.82, 2.24) is 5.32 Å². The molecule has 2 heteroatoms. The van der Waals surface area contributed by atoms with Gasteiger partial charge in [-0.3, -0.25) is 4.79 Å². The van der Waals surface area contributed by atoms with E-state index in [2.05, 4.69) is 19.2 Å². The molecule has 0 saturated heterocycles. The molecule has 1 N–H and O–H groups in total. The van der Waals surface area contributed by atoms with Crippen LogP contribution in [0, 0.1) is 5.92 Å². The first kappa shape index (κ1) is 13.1. The lowest BCUT2D eigenvalue weighted by molar-refractivity contribution is -0.110. The Balaban J connectivity index is 0. The number of hydrogen-bond donors (Lipinski definition) is 1. The minimum atomic E-state index is 0.322. The van der Waals surface area contributed by atoms with E-state index in [1.165, 1.54) is 0 Å². The van der Waals surface area contributed by atoms with Crippen molar-refractivity contribution in [3.63, 3.8) is 0 Å². The van der Waals surface area contributed by atoms with Gasteiger partial charge in [-0.2, -0.15) is 0 Å². The molecule has 0 aromatic rings. The third-order valence-corrected chi connectivity index (χ3v) is 1.18. The molecular formula is C9H21NO. The van der Waals surface area contributed by atoms with E-state index in [0.717, 1.165) is 12.8 Å². The predicted octanol–water partition coefficient (Wildman–Crippen LogP) is 2.19. The van der Waals surface area contributed by atoms with E-state index in [0.29, 0.717) is 12.0 Å². The summed E-state index contributed by atoms with van der Waals surface area (Å²) in [6, 6.07) is 0.322. The molecule has 0 rings (SSSR count). The maximum Gasteiger partial charge on any atom is 0.207 e. The first-order valence-corrected chi connectivity index (χ1v) is 4.36. The fourth-order valence-electron chi connectivity index (χ4n) is 0.891. The van der Waals surface area contributed by atoms with Gasteiger partial charge in [0.15, 0.2) is 0 Å². The lowest BCUT2D eigenvalue weighted by atomic mass is 10.1. The van der Waals surface area contributed by atoms with Crippen LogP contribution in [0.4, 0.5) is 0 Å². The molecule has 0 radical (unpaired) electrons. The maximum atomic E-state index is 9.89. The molecule has 0 fully saturated rings. The second-order valence-electron chi connectivity index (χ2n) is 2.82. The third-order valence-electron chi connectivity index (χ3n) is 1.18. The molecule has 0 aromatic carbocycles. The lowest BCUT2D eigenvalue weighted by Crippen LogP contribution is -2.25. The van der Waals surface area contributed by atoms with Crippen LogP contribution in [0.3, 0.4) is 0 Å². The molecule has 0 aromatic heterocycles. The van der Waals surface area contributed by atoms with Crippen LogP contribution in [0.2, 0.25) is 0 Å². The predicted molar refractivity (Wildman–Crippen MR) is 49.5 cm³/mol. The topological polar surface area (TPSA) is 29.1 Å². The van der Waals surface area contributed by atoms with Gasteiger partial charge in [0.05, 0.1) is 0 Å². The average Bonchev–Trinajstić information content (AvgIpc) is 1.91. The Morgan fingerprint density at radius 2 is 1.73 bits per heavy atom. The van der Waals surface area contributed by atoms with Crippen molar-refractivity contribution in [2.24, 2.45) is 5.92 Å². The largest absolute Gasteiger partial charge is 0.356 e. The van der Waals surface area contributed by atoms with Crippen LogP contribution in [0.5, 0.6) is 0 Å². The summed E-state index contributed by atoms with van der Waals surface area (Å²) in [4.78, 5) is 9.89. The standard InChI is InChI=1S/C7H15NO.C2H6/c1-6(2)4-7(3)8-5-9;1-2/h5-7H,4H2,1-3H3,(H,8,9);1-2H3. The zero-order chi connectivity index (χ0) is 9.28. The summed E-state index contributed by atoms with van der Waals surface area (Å²) in [5.41, 5.74) is 0. The van der Waals surface area contributed by atoms with E-state index in [4.69, 9.17) is 0 Å². The Hall–Kier alpha value is -0.530. The second-order valence-corrected chi connectivity index (χ2v) is 2.82. The Bertz CT molecular complexity index is 81.6. The molecule has 0 bridgehead atoms. The molecule has 0 aliphatic rings. The summed E-state index contributed by atoms with van der Waals surface area (Å²) in [5, 5.41) is 2.70. The van der Waals surface area contributed by atoms with Crippen LogP contribution in [0.25, 0.3) is 0 Å². The molecule has 68 valence electrons. The van der Waals surface area contributed by atoms with E-state index >= 15 is 0 Å². The smallest absolute Gasteiger partial charge is 0.207 e. The van der Waals surface area contributed by atoms with Crippen LogP contribution in [0.15, 0.2) is 0 Å². The number of hydrogen-bond acceptors (Lipinski definition) is 1. The zero-order valence-corrected chi connectivity index (χ0v) is 8.35. The number of carbonyl (C=O) groups is 1. The molecule has 0 saturated carbocycles. The van der Waals surface area contributed by atoms with E-state index in [1.54, 1.807) is 0 Å². The van der Waals surface area contributed by atoms with Crippen molar-refractivity contribution in [3.05, 3.63) is 0 Å². The average molecular weight is 159 g/mol. The summed E-state index contributed by atoms with van der Waals surface area (Å²) < 4.78 is 0.